The lowest BCUT2D eigenvalue weighted by Crippen LogP contribution is -2.52. The van der Waals surface area contributed by atoms with Crippen molar-refractivity contribution in [2.24, 2.45) is 4.99 Å². The summed E-state index contributed by atoms with van der Waals surface area (Å²) in [5, 5.41) is 6.14. The maximum atomic E-state index is 13.7. The van der Waals surface area contributed by atoms with Crippen molar-refractivity contribution in [3.05, 3.63) is 34.1 Å². The fourth-order valence-corrected chi connectivity index (χ4v) is 3.23. The molecule has 28 heavy (non-hydrogen) atoms. The minimum atomic E-state index is -0.223. The highest BCUT2D eigenvalue weighted by molar-refractivity contribution is 14.0. The maximum Gasteiger partial charge on any atom is 0.221 e. The maximum absolute atomic E-state index is 13.7. The molecule has 0 saturated carbocycles. The number of amides is 1. The molecule has 1 amide bonds. The predicted octanol–water partition coefficient (Wildman–Crippen LogP) is 2.82. The zero-order valence-corrected chi connectivity index (χ0v) is 20.4. The van der Waals surface area contributed by atoms with E-state index < -0.39 is 0 Å². The molecule has 6 nitrogen and oxygen atoms in total. The van der Waals surface area contributed by atoms with Crippen LogP contribution in [0.4, 0.5) is 4.39 Å². The number of hydrogen-bond acceptors (Lipinski definition) is 3. The Morgan fingerprint density at radius 2 is 1.93 bits per heavy atom. The highest BCUT2D eigenvalue weighted by Crippen LogP contribution is 2.18. The van der Waals surface area contributed by atoms with Crippen molar-refractivity contribution >= 4 is 51.8 Å². The summed E-state index contributed by atoms with van der Waals surface area (Å²) in [6, 6.07) is 5.29. The molecule has 0 aromatic heterocycles. The lowest BCUT2D eigenvalue weighted by atomic mass is 10.2. The summed E-state index contributed by atoms with van der Waals surface area (Å²) >= 11 is 3.19. The summed E-state index contributed by atoms with van der Waals surface area (Å²) < 4.78 is 14.2. The summed E-state index contributed by atoms with van der Waals surface area (Å²) in [6.45, 7) is 7.53. The Labute approximate surface area is 192 Å². The second kappa shape index (κ2) is 13.3. The minimum Gasteiger partial charge on any atom is -0.356 e. The predicted molar refractivity (Wildman–Crippen MR) is 126 cm³/mol. The number of piperazine rings is 1. The van der Waals surface area contributed by atoms with E-state index in [-0.39, 0.29) is 35.7 Å². The molecular formula is C19H30BrFIN5O. The van der Waals surface area contributed by atoms with Crippen molar-refractivity contribution in [1.82, 2.24) is 20.4 Å². The molecule has 2 N–H and O–H groups in total. The Hall–Kier alpha value is -0.940. The molecule has 1 aliphatic heterocycles. The van der Waals surface area contributed by atoms with Crippen molar-refractivity contribution in [2.45, 2.75) is 26.3 Å². The van der Waals surface area contributed by atoms with Crippen molar-refractivity contribution in [3.63, 3.8) is 0 Å². The topological polar surface area (TPSA) is 60.0 Å². The van der Waals surface area contributed by atoms with Crippen LogP contribution in [0.3, 0.4) is 0 Å². The molecule has 1 saturated heterocycles. The number of guanidine groups is 1. The first-order valence-electron chi connectivity index (χ1n) is 9.42. The van der Waals surface area contributed by atoms with E-state index in [1.54, 1.807) is 19.2 Å². The van der Waals surface area contributed by atoms with E-state index >= 15 is 0 Å². The van der Waals surface area contributed by atoms with Gasteiger partial charge in [0.2, 0.25) is 5.91 Å². The lowest BCUT2D eigenvalue weighted by Gasteiger charge is -2.36. The minimum absolute atomic E-state index is 0. The largest absolute Gasteiger partial charge is 0.356 e. The molecule has 0 unspecified atom stereocenters. The first kappa shape index (κ1) is 25.1. The van der Waals surface area contributed by atoms with Crippen LogP contribution in [-0.4, -0.2) is 68.0 Å². The quantitative estimate of drug-likeness (QED) is 0.301. The third-order valence-corrected chi connectivity index (χ3v) is 5.12. The van der Waals surface area contributed by atoms with Crippen molar-refractivity contribution in [1.29, 1.82) is 0 Å². The molecule has 1 fully saturated rings. The van der Waals surface area contributed by atoms with Gasteiger partial charge in [-0.3, -0.25) is 14.7 Å². The first-order chi connectivity index (χ1) is 13.0. The second-order valence-corrected chi connectivity index (χ2v) is 7.44. The normalized spacial score (nSPS) is 15.1. The molecule has 158 valence electrons. The average molecular weight is 570 g/mol. The van der Waals surface area contributed by atoms with Gasteiger partial charge in [0, 0.05) is 59.3 Å². The fourth-order valence-electron chi connectivity index (χ4n) is 2.99. The average Bonchev–Trinajstić information content (AvgIpc) is 2.67. The standard InChI is InChI=1S/C19H29BrFN5O.HI/c1-3-7-23-18(27)6-8-24-19(22-2)26-11-9-25(10-12-26)14-15-4-5-16(20)17(21)13-15;/h4-5,13H,3,6-12,14H2,1-2H3,(H,22,24)(H,23,27);1H. The molecule has 0 bridgehead atoms. The van der Waals surface area contributed by atoms with Crippen molar-refractivity contribution in [2.75, 3.05) is 46.3 Å². The van der Waals surface area contributed by atoms with Gasteiger partial charge in [0.15, 0.2) is 5.96 Å². The molecule has 2 rings (SSSR count). The van der Waals surface area contributed by atoms with E-state index in [1.165, 1.54) is 0 Å². The number of carbonyl (C=O) groups is 1. The van der Waals surface area contributed by atoms with Gasteiger partial charge in [-0.25, -0.2) is 4.39 Å². The Bertz CT molecular complexity index is 653. The van der Waals surface area contributed by atoms with E-state index in [9.17, 15) is 9.18 Å². The SMILES string of the molecule is CCCNC(=O)CCNC(=NC)N1CCN(Cc2ccc(Br)c(F)c2)CC1.I. The molecular weight excluding hydrogens is 540 g/mol. The monoisotopic (exact) mass is 569 g/mol. The number of carbonyl (C=O) groups excluding carboxylic acids is 1. The van der Waals surface area contributed by atoms with Gasteiger partial charge in [-0.2, -0.15) is 0 Å². The van der Waals surface area contributed by atoms with E-state index in [0.717, 1.165) is 57.2 Å². The van der Waals surface area contributed by atoms with Crippen LogP contribution >= 0.6 is 39.9 Å². The molecule has 0 radical (unpaired) electrons. The van der Waals surface area contributed by atoms with Crippen LogP contribution in [0.2, 0.25) is 0 Å². The highest BCUT2D eigenvalue weighted by Gasteiger charge is 2.20. The molecule has 0 aliphatic carbocycles. The van der Waals surface area contributed by atoms with Crippen LogP contribution in [-0.2, 0) is 11.3 Å². The van der Waals surface area contributed by atoms with E-state index in [2.05, 4.69) is 41.4 Å². The van der Waals surface area contributed by atoms with Gasteiger partial charge in [-0.1, -0.05) is 13.0 Å². The van der Waals surface area contributed by atoms with Gasteiger partial charge < -0.3 is 15.5 Å². The van der Waals surface area contributed by atoms with Crippen molar-refractivity contribution in [3.8, 4) is 0 Å². The van der Waals surface area contributed by atoms with Gasteiger partial charge >= 0.3 is 0 Å². The first-order valence-corrected chi connectivity index (χ1v) is 10.2. The summed E-state index contributed by atoms with van der Waals surface area (Å²) in [6.07, 6.45) is 1.38. The molecule has 0 atom stereocenters. The number of rotatable bonds is 7. The smallest absolute Gasteiger partial charge is 0.221 e. The van der Waals surface area contributed by atoms with Gasteiger partial charge in [0.25, 0.3) is 0 Å². The van der Waals surface area contributed by atoms with Crippen LogP contribution in [0.1, 0.15) is 25.3 Å². The third-order valence-electron chi connectivity index (χ3n) is 4.48. The number of aliphatic imine (C=N–C) groups is 1. The molecule has 1 aromatic rings. The zero-order valence-electron chi connectivity index (χ0n) is 16.5. The van der Waals surface area contributed by atoms with Crippen LogP contribution in [0.25, 0.3) is 0 Å². The van der Waals surface area contributed by atoms with E-state index in [1.807, 2.05) is 13.0 Å². The van der Waals surface area contributed by atoms with Gasteiger partial charge in [0.1, 0.15) is 5.82 Å². The summed E-state index contributed by atoms with van der Waals surface area (Å²) in [4.78, 5) is 20.5. The van der Waals surface area contributed by atoms with Gasteiger partial charge in [-0.05, 0) is 40.0 Å². The third kappa shape index (κ3) is 8.20. The fraction of sp³-hybridized carbons (Fsp3) is 0.579. The summed E-state index contributed by atoms with van der Waals surface area (Å²) in [7, 11) is 1.76. The molecule has 9 heteroatoms. The number of benzene rings is 1. The number of halogens is 3. The Kier molecular flexibility index (Phi) is 11.9. The number of nitrogens with one attached hydrogen (secondary N) is 2. The number of hydrogen-bond donors (Lipinski definition) is 2. The molecule has 1 heterocycles. The van der Waals surface area contributed by atoms with Gasteiger partial charge in [-0.15, -0.1) is 24.0 Å². The van der Waals surface area contributed by atoms with Crippen LogP contribution < -0.4 is 10.6 Å². The number of nitrogens with zero attached hydrogens (tertiary/aromatic N) is 3. The van der Waals surface area contributed by atoms with Gasteiger partial charge in [0.05, 0.1) is 4.47 Å². The second-order valence-electron chi connectivity index (χ2n) is 6.59. The molecule has 1 aromatic carbocycles. The van der Waals surface area contributed by atoms with Crippen LogP contribution in [0.15, 0.2) is 27.7 Å². The molecule has 0 spiro atoms. The Morgan fingerprint density at radius 1 is 1.21 bits per heavy atom. The Balaban J connectivity index is 0.00000392. The van der Waals surface area contributed by atoms with Crippen molar-refractivity contribution < 1.29 is 9.18 Å². The highest BCUT2D eigenvalue weighted by atomic mass is 127. The zero-order chi connectivity index (χ0) is 19.6. The summed E-state index contributed by atoms with van der Waals surface area (Å²) in [5.41, 5.74) is 0.977. The van der Waals surface area contributed by atoms with Crippen LogP contribution in [0, 0.1) is 5.82 Å². The molecule has 1 aliphatic rings. The summed E-state index contributed by atoms with van der Waals surface area (Å²) in [5.74, 6) is 0.665. The van der Waals surface area contributed by atoms with E-state index in [0.29, 0.717) is 17.4 Å². The van der Waals surface area contributed by atoms with Crippen LogP contribution in [0.5, 0.6) is 0 Å². The van der Waals surface area contributed by atoms with E-state index in [4.69, 9.17) is 0 Å². The Morgan fingerprint density at radius 3 is 2.54 bits per heavy atom. The lowest BCUT2D eigenvalue weighted by molar-refractivity contribution is -0.120.